The molecule has 0 amide bonds. The molecule has 1 aromatic rings. The van der Waals surface area contributed by atoms with Crippen molar-refractivity contribution in [1.82, 2.24) is 9.80 Å². The number of nitrogens with zero attached hydrogens (tertiary/aromatic N) is 2. The predicted molar refractivity (Wildman–Crippen MR) is 91.9 cm³/mol. The third-order valence-electron chi connectivity index (χ3n) is 4.25. The molecule has 1 heterocycles. The summed E-state index contributed by atoms with van der Waals surface area (Å²) in [5.74, 6) is 0.816. The second-order valence-electron chi connectivity index (χ2n) is 6.22. The summed E-state index contributed by atoms with van der Waals surface area (Å²) in [6.45, 7) is 7.86. The molecule has 1 aromatic carbocycles. The summed E-state index contributed by atoms with van der Waals surface area (Å²) in [6, 6.07) is 8.13. The highest BCUT2D eigenvalue weighted by atomic mass is 16.5. The summed E-state index contributed by atoms with van der Waals surface area (Å²) in [4.78, 5) is 4.50. The predicted octanol–water partition coefficient (Wildman–Crippen LogP) is 0.989. The van der Waals surface area contributed by atoms with Gasteiger partial charge < -0.3 is 14.9 Å². The molecule has 0 aromatic heterocycles. The second-order valence-corrected chi connectivity index (χ2v) is 6.22. The third kappa shape index (κ3) is 6.47. The number of β-amino-alcohol motifs (C(OH)–C–C–N with tert-alkyl or cyclic N) is 2. The van der Waals surface area contributed by atoms with Crippen molar-refractivity contribution < 1.29 is 14.9 Å². The van der Waals surface area contributed by atoms with E-state index in [-0.39, 0.29) is 6.61 Å². The molecule has 5 nitrogen and oxygen atoms in total. The molecular weight excluding hydrogens is 292 g/mol. The molecule has 1 saturated heterocycles. The number of aliphatic hydroxyl groups is 2. The minimum absolute atomic E-state index is 0.216. The van der Waals surface area contributed by atoms with Crippen LogP contribution in [0.4, 0.5) is 0 Å². The Kier molecular flexibility index (Phi) is 7.82. The van der Waals surface area contributed by atoms with Crippen molar-refractivity contribution in [1.29, 1.82) is 0 Å². The van der Waals surface area contributed by atoms with E-state index in [1.807, 2.05) is 12.1 Å². The maximum atomic E-state index is 10.2. The minimum Gasteiger partial charge on any atom is -0.491 e. The van der Waals surface area contributed by atoms with Gasteiger partial charge in [0.05, 0.1) is 6.61 Å². The van der Waals surface area contributed by atoms with E-state index in [0.717, 1.165) is 51.3 Å². The van der Waals surface area contributed by atoms with Crippen LogP contribution < -0.4 is 4.74 Å². The van der Waals surface area contributed by atoms with E-state index in [9.17, 15) is 5.11 Å². The average Bonchev–Trinajstić information content (AvgIpc) is 2.57. The standard InChI is InChI=1S/C18H30N2O3/c1-2-3-16-4-6-18(7-5-16)23-15-17(22)14-20-10-8-19(9-11-20)12-13-21/h4-7,17,21-22H,2-3,8-15H2,1H3/t17-/m0/s1. The molecule has 1 aliphatic heterocycles. The molecular formula is C18H30N2O3. The van der Waals surface area contributed by atoms with Crippen LogP contribution in [0.15, 0.2) is 24.3 Å². The number of rotatable bonds is 9. The first-order valence-electron chi connectivity index (χ1n) is 8.66. The van der Waals surface area contributed by atoms with Gasteiger partial charge in [-0.25, -0.2) is 0 Å². The number of hydrogen-bond donors (Lipinski definition) is 2. The van der Waals surface area contributed by atoms with Crippen LogP contribution in [0.25, 0.3) is 0 Å². The fourth-order valence-electron chi connectivity index (χ4n) is 2.92. The molecule has 0 radical (unpaired) electrons. The van der Waals surface area contributed by atoms with E-state index in [2.05, 4.69) is 28.9 Å². The molecule has 1 atom stereocenters. The first-order valence-corrected chi connectivity index (χ1v) is 8.66. The van der Waals surface area contributed by atoms with Crippen molar-refractivity contribution in [2.24, 2.45) is 0 Å². The van der Waals surface area contributed by atoms with Gasteiger partial charge in [0.1, 0.15) is 18.5 Å². The van der Waals surface area contributed by atoms with Gasteiger partial charge in [-0.3, -0.25) is 9.80 Å². The molecule has 1 aliphatic rings. The Morgan fingerprint density at radius 3 is 2.35 bits per heavy atom. The Labute approximate surface area is 139 Å². The number of hydrogen-bond acceptors (Lipinski definition) is 5. The van der Waals surface area contributed by atoms with Gasteiger partial charge in [0.25, 0.3) is 0 Å². The molecule has 0 saturated carbocycles. The lowest BCUT2D eigenvalue weighted by Crippen LogP contribution is -2.49. The van der Waals surface area contributed by atoms with Gasteiger partial charge in [0.15, 0.2) is 0 Å². The van der Waals surface area contributed by atoms with Crippen LogP contribution >= 0.6 is 0 Å². The SMILES string of the molecule is CCCc1ccc(OC[C@@H](O)CN2CCN(CCO)CC2)cc1. The molecule has 2 rings (SSSR count). The first kappa shape index (κ1) is 18.2. The normalized spacial score (nSPS) is 18.0. The zero-order chi connectivity index (χ0) is 16.5. The van der Waals surface area contributed by atoms with Crippen molar-refractivity contribution in [3.8, 4) is 5.75 Å². The Bertz CT molecular complexity index is 430. The molecule has 130 valence electrons. The topological polar surface area (TPSA) is 56.2 Å². The van der Waals surface area contributed by atoms with Gasteiger partial charge in [-0.15, -0.1) is 0 Å². The average molecular weight is 322 g/mol. The number of piperazine rings is 1. The van der Waals surface area contributed by atoms with Gasteiger partial charge in [0.2, 0.25) is 0 Å². The molecule has 0 aliphatic carbocycles. The van der Waals surface area contributed by atoms with Crippen LogP contribution in [0.5, 0.6) is 5.75 Å². The summed E-state index contributed by atoms with van der Waals surface area (Å²) in [5, 5.41) is 19.1. The van der Waals surface area contributed by atoms with E-state index in [4.69, 9.17) is 9.84 Å². The van der Waals surface area contributed by atoms with E-state index >= 15 is 0 Å². The highest BCUT2D eigenvalue weighted by Crippen LogP contribution is 2.14. The van der Waals surface area contributed by atoms with Crippen LogP contribution in [0.1, 0.15) is 18.9 Å². The highest BCUT2D eigenvalue weighted by molar-refractivity contribution is 5.27. The number of ether oxygens (including phenoxy) is 1. The highest BCUT2D eigenvalue weighted by Gasteiger charge is 2.19. The summed E-state index contributed by atoms with van der Waals surface area (Å²) < 4.78 is 5.68. The van der Waals surface area contributed by atoms with Crippen molar-refractivity contribution >= 4 is 0 Å². The van der Waals surface area contributed by atoms with E-state index in [1.165, 1.54) is 5.56 Å². The van der Waals surface area contributed by atoms with Gasteiger partial charge in [-0.2, -0.15) is 0 Å². The largest absolute Gasteiger partial charge is 0.491 e. The monoisotopic (exact) mass is 322 g/mol. The molecule has 1 fully saturated rings. The lowest BCUT2D eigenvalue weighted by atomic mass is 10.1. The fourth-order valence-corrected chi connectivity index (χ4v) is 2.92. The molecule has 0 spiro atoms. The third-order valence-corrected chi connectivity index (χ3v) is 4.25. The molecule has 23 heavy (non-hydrogen) atoms. The zero-order valence-electron chi connectivity index (χ0n) is 14.2. The lowest BCUT2D eigenvalue weighted by molar-refractivity contribution is 0.0428. The number of benzene rings is 1. The summed E-state index contributed by atoms with van der Waals surface area (Å²) in [6.07, 6.45) is 1.75. The second kappa shape index (κ2) is 9.88. The van der Waals surface area contributed by atoms with Crippen molar-refractivity contribution in [2.45, 2.75) is 25.9 Å². The Balaban J connectivity index is 1.66. The summed E-state index contributed by atoms with van der Waals surface area (Å²) >= 11 is 0. The molecule has 0 bridgehead atoms. The molecule has 5 heteroatoms. The van der Waals surface area contributed by atoms with Gasteiger partial charge in [0, 0.05) is 39.3 Å². The first-order chi connectivity index (χ1) is 11.2. The zero-order valence-corrected chi connectivity index (χ0v) is 14.2. The summed E-state index contributed by atoms with van der Waals surface area (Å²) in [5.41, 5.74) is 1.32. The number of aryl methyl sites for hydroxylation is 1. The Morgan fingerprint density at radius 1 is 1.09 bits per heavy atom. The Morgan fingerprint density at radius 2 is 1.74 bits per heavy atom. The van der Waals surface area contributed by atoms with Gasteiger partial charge in [-0.1, -0.05) is 25.5 Å². The van der Waals surface area contributed by atoms with Gasteiger partial charge >= 0.3 is 0 Å². The van der Waals surface area contributed by atoms with E-state index in [1.54, 1.807) is 0 Å². The van der Waals surface area contributed by atoms with Crippen LogP contribution in [0.3, 0.4) is 0 Å². The summed E-state index contributed by atoms with van der Waals surface area (Å²) in [7, 11) is 0. The lowest BCUT2D eigenvalue weighted by Gasteiger charge is -2.35. The van der Waals surface area contributed by atoms with E-state index < -0.39 is 6.10 Å². The maximum Gasteiger partial charge on any atom is 0.119 e. The number of aliphatic hydroxyl groups excluding tert-OH is 2. The minimum atomic E-state index is -0.477. The quantitative estimate of drug-likeness (QED) is 0.710. The molecule has 2 N–H and O–H groups in total. The van der Waals surface area contributed by atoms with Crippen LogP contribution in [-0.2, 0) is 6.42 Å². The van der Waals surface area contributed by atoms with E-state index in [0.29, 0.717) is 13.2 Å². The smallest absolute Gasteiger partial charge is 0.119 e. The van der Waals surface area contributed by atoms with Crippen LogP contribution in [-0.4, -0.2) is 78.6 Å². The Hall–Kier alpha value is -1.14. The van der Waals surface area contributed by atoms with Crippen molar-refractivity contribution in [3.63, 3.8) is 0 Å². The van der Waals surface area contributed by atoms with Crippen LogP contribution in [0.2, 0.25) is 0 Å². The van der Waals surface area contributed by atoms with Crippen molar-refractivity contribution in [3.05, 3.63) is 29.8 Å². The maximum absolute atomic E-state index is 10.2. The van der Waals surface area contributed by atoms with Gasteiger partial charge in [-0.05, 0) is 24.1 Å². The van der Waals surface area contributed by atoms with Crippen LogP contribution in [0, 0.1) is 0 Å². The van der Waals surface area contributed by atoms with Crippen molar-refractivity contribution in [2.75, 3.05) is 52.5 Å². The fraction of sp³-hybridized carbons (Fsp3) is 0.667. The molecule has 0 unspecified atom stereocenters.